The van der Waals surface area contributed by atoms with E-state index in [0.29, 0.717) is 36.1 Å². The van der Waals surface area contributed by atoms with Gasteiger partial charge in [0.2, 0.25) is 11.9 Å². The van der Waals surface area contributed by atoms with Crippen LogP contribution in [0.15, 0.2) is 48.5 Å². The molecule has 148 valence electrons. The molecule has 2 aromatic heterocycles. The monoisotopic (exact) mass is 398 g/mol. The first-order valence-electron chi connectivity index (χ1n) is 9.64. The second-order valence-electron chi connectivity index (χ2n) is 7.00. The summed E-state index contributed by atoms with van der Waals surface area (Å²) in [6, 6.07) is 16.4. The normalized spacial score (nSPS) is 16.8. The first-order valence-corrected chi connectivity index (χ1v) is 9.64. The number of nitrogens with zero attached hydrogens (tertiary/aromatic N) is 5. The lowest BCUT2D eigenvalue weighted by atomic mass is 10.1. The summed E-state index contributed by atoms with van der Waals surface area (Å²) >= 11 is 0. The van der Waals surface area contributed by atoms with Crippen molar-refractivity contribution in [1.82, 2.24) is 30.2 Å². The predicted molar refractivity (Wildman–Crippen MR) is 112 cm³/mol. The SMILES string of the molecule is N#Cc1ccc(-c2nc3c4ccccc4nc(N[C@@H]4CNCCNC4=O)n3n2)cc1. The van der Waals surface area contributed by atoms with E-state index in [-0.39, 0.29) is 5.91 Å². The van der Waals surface area contributed by atoms with Crippen LogP contribution in [0, 0.1) is 11.3 Å². The van der Waals surface area contributed by atoms with Crippen molar-refractivity contribution in [2.45, 2.75) is 6.04 Å². The molecule has 0 spiro atoms. The van der Waals surface area contributed by atoms with E-state index in [9.17, 15) is 4.79 Å². The highest BCUT2D eigenvalue weighted by atomic mass is 16.2. The number of carbonyl (C=O) groups is 1. The lowest BCUT2D eigenvalue weighted by molar-refractivity contribution is -0.121. The summed E-state index contributed by atoms with van der Waals surface area (Å²) in [5.74, 6) is 0.875. The highest BCUT2D eigenvalue weighted by molar-refractivity contribution is 5.93. The molecule has 1 fully saturated rings. The van der Waals surface area contributed by atoms with E-state index >= 15 is 0 Å². The summed E-state index contributed by atoms with van der Waals surface area (Å²) in [7, 11) is 0. The van der Waals surface area contributed by atoms with Gasteiger partial charge in [0.15, 0.2) is 11.5 Å². The molecule has 1 aliphatic rings. The van der Waals surface area contributed by atoms with Gasteiger partial charge >= 0.3 is 0 Å². The number of aromatic nitrogens is 4. The summed E-state index contributed by atoms with van der Waals surface area (Å²) in [5, 5.41) is 23.9. The number of hydrogen-bond acceptors (Lipinski definition) is 7. The van der Waals surface area contributed by atoms with E-state index in [0.717, 1.165) is 23.0 Å². The number of nitriles is 1. The Balaban J connectivity index is 1.64. The largest absolute Gasteiger partial charge is 0.353 e. The Hall–Kier alpha value is -4.03. The molecule has 5 rings (SSSR count). The van der Waals surface area contributed by atoms with Gasteiger partial charge in [-0.15, -0.1) is 5.10 Å². The molecule has 0 bridgehead atoms. The number of anilines is 1. The zero-order valence-corrected chi connectivity index (χ0v) is 16.0. The number of hydrogen-bond donors (Lipinski definition) is 3. The van der Waals surface area contributed by atoms with E-state index in [1.807, 2.05) is 36.4 Å². The summed E-state index contributed by atoms with van der Waals surface area (Å²) < 4.78 is 1.63. The molecule has 1 aliphatic heterocycles. The number of carbonyl (C=O) groups excluding carboxylic acids is 1. The van der Waals surface area contributed by atoms with Crippen molar-refractivity contribution in [3.63, 3.8) is 0 Å². The fraction of sp³-hybridized carbons (Fsp3) is 0.190. The second kappa shape index (κ2) is 7.42. The minimum absolute atomic E-state index is 0.0875. The first-order chi connectivity index (χ1) is 14.7. The Morgan fingerprint density at radius 3 is 2.77 bits per heavy atom. The number of para-hydroxylation sites is 1. The maximum Gasteiger partial charge on any atom is 0.243 e. The van der Waals surface area contributed by atoms with Crippen LogP contribution >= 0.6 is 0 Å². The number of nitrogens with one attached hydrogen (secondary N) is 3. The van der Waals surface area contributed by atoms with Crippen molar-refractivity contribution >= 4 is 28.4 Å². The third-order valence-electron chi connectivity index (χ3n) is 5.02. The Morgan fingerprint density at radius 1 is 1.10 bits per heavy atom. The first kappa shape index (κ1) is 18.0. The van der Waals surface area contributed by atoms with E-state index in [4.69, 9.17) is 15.2 Å². The zero-order chi connectivity index (χ0) is 20.5. The van der Waals surface area contributed by atoms with Crippen LogP contribution in [0.5, 0.6) is 0 Å². The van der Waals surface area contributed by atoms with Gasteiger partial charge in [0.25, 0.3) is 0 Å². The van der Waals surface area contributed by atoms with Crippen LogP contribution in [0.2, 0.25) is 0 Å². The Morgan fingerprint density at radius 2 is 1.93 bits per heavy atom. The van der Waals surface area contributed by atoms with Crippen molar-refractivity contribution in [2.75, 3.05) is 25.0 Å². The summed E-state index contributed by atoms with van der Waals surface area (Å²) in [6.45, 7) is 1.79. The molecule has 0 saturated carbocycles. The molecule has 1 atom stereocenters. The van der Waals surface area contributed by atoms with Gasteiger partial charge in [0, 0.05) is 30.6 Å². The van der Waals surface area contributed by atoms with Crippen LogP contribution in [0.25, 0.3) is 27.9 Å². The number of rotatable bonds is 3. The Labute approximate surface area is 171 Å². The van der Waals surface area contributed by atoms with Gasteiger partial charge < -0.3 is 16.0 Å². The van der Waals surface area contributed by atoms with Crippen LogP contribution < -0.4 is 16.0 Å². The third-order valence-corrected chi connectivity index (χ3v) is 5.02. The molecule has 3 heterocycles. The molecule has 30 heavy (non-hydrogen) atoms. The van der Waals surface area contributed by atoms with Gasteiger partial charge in [0.1, 0.15) is 6.04 Å². The fourth-order valence-corrected chi connectivity index (χ4v) is 3.47. The molecule has 1 amide bonds. The van der Waals surface area contributed by atoms with Crippen molar-refractivity contribution in [1.29, 1.82) is 5.26 Å². The van der Waals surface area contributed by atoms with Crippen LogP contribution in [0.3, 0.4) is 0 Å². The molecule has 0 aliphatic carbocycles. The smallest absolute Gasteiger partial charge is 0.243 e. The van der Waals surface area contributed by atoms with Crippen molar-refractivity contribution in [3.8, 4) is 17.5 Å². The van der Waals surface area contributed by atoms with Gasteiger partial charge in [-0.2, -0.15) is 9.78 Å². The van der Waals surface area contributed by atoms with Crippen LogP contribution in [-0.4, -0.2) is 51.2 Å². The van der Waals surface area contributed by atoms with Gasteiger partial charge in [0.05, 0.1) is 17.1 Å². The molecule has 9 heteroatoms. The second-order valence-corrected chi connectivity index (χ2v) is 7.00. The molecule has 1 saturated heterocycles. The molecule has 2 aromatic carbocycles. The quantitative estimate of drug-likeness (QED) is 0.476. The Bertz CT molecular complexity index is 1290. The number of benzene rings is 2. The maximum absolute atomic E-state index is 12.4. The lowest BCUT2D eigenvalue weighted by Gasteiger charge is -2.16. The topological polar surface area (TPSA) is 120 Å². The fourth-order valence-electron chi connectivity index (χ4n) is 3.47. The standard InChI is InChI=1S/C21H18N8O/c22-11-13-5-7-14(8-6-13)18-27-19-15-3-1-2-4-16(15)25-21(29(19)28-18)26-17-12-23-9-10-24-20(17)30/h1-8,17,23H,9-10,12H2,(H,24,30)(H,25,26)/t17-/m1/s1. The van der Waals surface area contributed by atoms with E-state index in [1.165, 1.54) is 0 Å². The molecule has 0 unspecified atom stereocenters. The van der Waals surface area contributed by atoms with E-state index in [1.54, 1.807) is 16.6 Å². The van der Waals surface area contributed by atoms with E-state index < -0.39 is 6.04 Å². The molecule has 9 nitrogen and oxygen atoms in total. The molecule has 0 radical (unpaired) electrons. The summed E-state index contributed by atoms with van der Waals surface area (Å²) in [4.78, 5) is 21.8. The maximum atomic E-state index is 12.4. The molecule has 3 N–H and O–H groups in total. The minimum atomic E-state index is -0.480. The third kappa shape index (κ3) is 3.19. The molecule has 4 aromatic rings. The van der Waals surface area contributed by atoms with E-state index in [2.05, 4.69) is 27.1 Å². The van der Waals surface area contributed by atoms with Crippen molar-refractivity contribution < 1.29 is 4.79 Å². The average Bonchev–Trinajstić information content (AvgIpc) is 3.14. The van der Waals surface area contributed by atoms with Gasteiger partial charge in [-0.05, 0) is 36.4 Å². The number of amides is 1. The minimum Gasteiger partial charge on any atom is -0.353 e. The highest BCUT2D eigenvalue weighted by Crippen LogP contribution is 2.24. The average molecular weight is 398 g/mol. The lowest BCUT2D eigenvalue weighted by Crippen LogP contribution is -2.42. The summed E-state index contributed by atoms with van der Waals surface area (Å²) in [5.41, 5.74) is 2.77. The van der Waals surface area contributed by atoms with Crippen LogP contribution in [0.1, 0.15) is 5.56 Å². The van der Waals surface area contributed by atoms with Crippen LogP contribution in [-0.2, 0) is 4.79 Å². The van der Waals surface area contributed by atoms with Crippen molar-refractivity contribution in [2.24, 2.45) is 0 Å². The van der Waals surface area contributed by atoms with Crippen LogP contribution in [0.4, 0.5) is 5.95 Å². The zero-order valence-electron chi connectivity index (χ0n) is 16.0. The number of fused-ring (bicyclic) bond motifs is 3. The predicted octanol–water partition coefficient (Wildman–Crippen LogP) is 1.32. The summed E-state index contributed by atoms with van der Waals surface area (Å²) in [6.07, 6.45) is 0. The van der Waals surface area contributed by atoms with Gasteiger partial charge in [-0.25, -0.2) is 9.97 Å². The van der Waals surface area contributed by atoms with Gasteiger partial charge in [-0.3, -0.25) is 4.79 Å². The van der Waals surface area contributed by atoms with Gasteiger partial charge in [-0.1, -0.05) is 12.1 Å². The Kier molecular flexibility index (Phi) is 4.46. The van der Waals surface area contributed by atoms with Crippen molar-refractivity contribution in [3.05, 3.63) is 54.1 Å². The molecular weight excluding hydrogens is 380 g/mol. The molecular formula is C21H18N8O. The highest BCUT2D eigenvalue weighted by Gasteiger charge is 2.23.